The molecule has 112 valence electrons. The van der Waals surface area contributed by atoms with Gasteiger partial charge in [-0.15, -0.1) is 11.3 Å². The molecule has 5 heteroatoms. The highest BCUT2D eigenvalue weighted by Crippen LogP contribution is 2.26. The van der Waals surface area contributed by atoms with Gasteiger partial charge in [-0.25, -0.2) is 4.98 Å². The van der Waals surface area contributed by atoms with Gasteiger partial charge in [0.05, 0.1) is 12.1 Å². The van der Waals surface area contributed by atoms with Gasteiger partial charge in [0.25, 0.3) is 0 Å². The second-order valence-electron chi connectivity index (χ2n) is 5.02. The van der Waals surface area contributed by atoms with Crippen molar-refractivity contribution in [3.63, 3.8) is 0 Å². The zero-order chi connectivity index (χ0) is 15.2. The van der Waals surface area contributed by atoms with Crippen LogP contribution in [0, 0.1) is 6.92 Å². The van der Waals surface area contributed by atoms with Crippen molar-refractivity contribution in [1.82, 2.24) is 4.98 Å². The number of carbonyl (C=O) groups is 1. The van der Waals surface area contributed by atoms with Crippen LogP contribution in [0.1, 0.15) is 35.9 Å². The third kappa shape index (κ3) is 4.56. The predicted octanol–water partition coefficient (Wildman–Crippen LogP) is 4.16. The molecule has 2 N–H and O–H groups in total. The lowest BCUT2D eigenvalue weighted by atomic mass is 10.1. The lowest BCUT2D eigenvalue weighted by molar-refractivity contribution is -0.136. The van der Waals surface area contributed by atoms with Crippen molar-refractivity contribution in [3.05, 3.63) is 40.4 Å². The smallest absolute Gasteiger partial charge is 0.308 e. The first kappa shape index (κ1) is 15.5. The van der Waals surface area contributed by atoms with E-state index in [1.54, 1.807) is 0 Å². The molecule has 4 nitrogen and oxygen atoms in total. The van der Waals surface area contributed by atoms with Gasteiger partial charge in [-0.3, -0.25) is 4.79 Å². The summed E-state index contributed by atoms with van der Waals surface area (Å²) in [5.41, 5.74) is 3.10. The number of hydrogen-bond donors (Lipinski definition) is 2. The Bertz CT molecular complexity index is 605. The molecule has 0 aliphatic carbocycles. The summed E-state index contributed by atoms with van der Waals surface area (Å²) in [5.74, 6) is -0.825. The number of anilines is 2. The first-order valence-electron chi connectivity index (χ1n) is 7.12. The highest BCUT2D eigenvalue weighted by atomic mass is 32.1. The van der Waals surface area contributed by atoms with Crippen LogP contribution >= 0.6 is 11.3 Å². The molecular weight excluding hydrogens is 284 g/mol. The fraction of sp³-hybridized carbons (Fsp3) is 0.375. The Morgan fingerprint density at radius 2 is 2.05 bits per heavy atom. The van der Waals surface area contributed by atoms with Gasteiger partial charge < -0.3 is 10.4 Å². The number of benzene rings is 1. The summed E-state index contributed by atoms with van der Waals surface area (Å²) in [6, 6.07) is 8.32. The van der Waals surface area contributed by atoms with Gasteiger partial charge in [-0.05, 0) is 37.5 Å². The molecule has 2 rings (SSSR count). The van der Waals surface area contributed by atoms with Crippen molar-refractivity contribution in [2.75, 3.05) is 5.32 Å². The maximum absolute atomic E-state index is 10.8. The zero-order valence-corrected chi connectivity index (χ0v) is 13.2. The van der Waals surface area contributed by atoms with Crippen LogP contribution in [0.15, 0.2) is 24.3 Å². The quantitative estimate of drug-likeness (QED) is 0.806. The Hall–Kier alpha value is -1.88. The largest absolute Gasteiger partial charge is 0.481 e. The molecule has 1 aromatic carbocycles. The van der Waals surface area contributed by atoms with E-state index in [1.165, 1.54) is 29.7 Å². The second kappa shape index (κ2) is 7.22. The van der Waals surface area contributed by atoms with E-state index >= 15 is 0 Å². The van der Waals surface area contributed by atoms with Gasteiger partial charge in [-0.1, -0.05) is 25.5 Å². The summed E-state index contributed by atoms with van der Waals surface area (Å²) in [4.78, 5) is 15.9. The van der Waals surface area contributed by atoms with E-state index in [4.69, 9.17) is 5.11 Å². The minimum Gasteiger partial charge on any atom is -0.481 e. The molecule has 0 saturated carbocycles. The predicted molar refractivity (Wildman–Crippen MR) is 86.5 cm³/mol. The summed E-state index contributed by atoms with van der Waals surface area (Å²) in [7, 11) is 0. The lowest BCUT2D eigenvalue weighted by Gasteiger charge is -2.04. The summed E-state index contributed by atoms with van der Waals surface area (Å²) in [6.07, 6.45) is 3.54. The van der Waals surface area contributed by atoms with E-state index in [0.717, 1.165) is 27.8 Å². The lowest BCUT2D eigenvalue weighted by Crippen LogP contribution is -1.99. The SMILES string of the molecule is CCCCc1ccc(Nc2nc(C)c(CC(=O)O)s2)cc1. The standard InChI is InChI=1S/C16H20N2O2S/c1-3-4-5-12-6-8-13(9-7-12)18-16-17-11(2)14(21-16)10-15(19)20/h6-9H,3-5,10H2,1-2H3,(H,17,18)(H,19,20). The molecule has 0 bridgehead atoms. The van der Waals surface area contributed by atoms with Gasteiger partial charge in [0.1, 0.15) is 0 Å². The monoisotopic (exact) mass is 304 g/mol. The van der Waals surface area contributed by atoms with Crippen LogP contribution in [0.3, 0.4) is 0 Å². The summed E-state index contributed by atoms with van der Waals surface area (Å²) < 4.78 is 0. The molecule has 21 heavy (non-hydrogen) atoms. The van der Waals surface area contributed by atoms with Crippen LogP contribution in [0.2, 0.25) is 0 Å². The molecular formula is C16H20N2O2S. The molecule has 0 fully saturated rings. The van der Waals surface area contributed by atoms with Crippen LogP contribution in [-0.2, 0) is 17.6 Å². The molecule has 0 atom stereocenters. The number of carboxylic acids is 1. The number of nitrogens with zero attached hydrogens (tertiary/aromatic N) is 1. The summed E-state index contributed by atoms with van der Waals surface area (Å²) in [5, 5.41) is 12.8. The number of carboxylic acid groups (broad SMARTS) is 1. The summed E-state index contributed by atoms with van der Waals surface area (Å²) >= 11 is 1.40. The maximum Gasteiger partial charge on any atom is 0.308 e. The zero-order valence-electron chi connectivity index (χ0n) is 12.3. The Kier molecular flexibility index (Phi) is 5.33. The van der Waals surface area contributed by atoms with Crippen LogP contribution in [0.25, 0.3) is 0 Å². The fourth-order valence-electron chi connectivity index (χ4n) is 2.04. The van der Waals surface area contributed by atoms with Crippen LogP contribution < -0.4 is 5.32 Å². The number of aliphatic carboxylic acids is 1. The number of nitrogens with one attached hydrogen (secondary N) is 1. The first-order chi connectivity index (χ1) is 10.1. The van der Waals surface area contributed by atoms with Crippen molar-refractivity contribution in [3.8, 4) is 0 Å². The molecule has 1 heterocycles. The van der Waals surface area contributed by atoms with Gasteiger partial charge in [0, 0.05) is 10.6 Å². The minimum atomic E-state index is -0.825. The second-order valence-corrected chi connectivity index (χ2v) is 6.11. The Morgan fingerprint density at radius 1 is 1.33 bits per heavy atom. The molecule has 1 aromatic heterocycles. The number of rotatable bonds is 7. The van der Waals surface area contributed by atoms with E-state index in [0.29, 0.717) is 0 Å². The van der Waals surface area contributed by atoms with Crippen LogP contribution in [-0.4, -0.2) is 16.1 Å². The molecule has 0 aliphatic rings. The normalized spacial score (nSPS) is 10.6. The molecule has 0 radical (unpaired) electrons. The fourth-order valence-corrected chi connectivity index (χ4v) is 3.02. The first-order valence-corrected chi connectivity index (χ1v) is 7.94. The van der Waals surface area contributed by atoms with Gasteiger partial charge in [0.2, 0.25) is 0 Å². The Balaban J connectivity index is 2.02. The molecule has 0 aliphatic heterocycles. The number of hydrogen-bond acceptors (Lipinski definition) is 4. The Morgan fingerprint density at radius 3 is 2.67 bits per heavy atom. The van der Waals surface area contributed by atoms with E-state index in [9.17, 15) is 4.79 Å². The molecule has 0 saturated heterocycles. The number of unbranched alkanes of at least 4 members (excludes halogenated alkanes) is 1. The third-order valence-electron chi connectivity index (χ3n) is 3.23. The van der Waals surface area contributed by atoms with Crippen molar-refractivity contribution in [2.24, 2.45) is 0 Å². The van der Waals surface area contributed by atoms with Crippen molar-refractivity contribution in [2.45, 2.75) is 39.5 Å². The molecule has 0 spiro atoms. The Labute approximate surface area is 128 Å². The maximum atomic E-state index is 10.8. The molecule has 2 aromatic rings. The van der Waals surface area contributed by atoms with E-state index in [1.807, 2.05) is 19.1 Å². The molecule has 0 unspecified atom stereocenters. The number of thiazole rings is 1. The highest BCUT2D eigenvalue weighted by molar-refractivity contribution is 7.15. The average molecular weight is 304 g/mol. The van der Waals surface area contributed by atoms with Crippen molar-refractivity contribution < 1.29 is 9.90 Å². The van der Waals surface area contributed by atoms with Gasteiger partial charge in [0.15, 0.2) is 5.13 Å². The van der Waals surface area contributed by atoms with Crippen molar-refractivity contribution in [1.29, 1.82) is 0 Å². The number of aryl methyl sites for hydroxylation is 2. The molecule has 0 amide bonds. The number of aromatic nitrogens is 1. The highest BCUT2D eigenvalue weighted by Gasteiger charge is 2.11. The van der Waals surface area contributed by atoms with E-state index in [-0.39, 0.29) is 6.42 Å². The van der Waals surface area contributed by atoms with E-state index < -0.39 is 5.97 Å². The van der Waals surface area contributed by atoms with Crippen LogP contribution in [0.5, 0.6) is 0 Å². The minimum absolute atomic E-state index is 0.0289. The third-order valence-corrected chi connectivity index (χ3v) is 4.30. The van der Waals surface area contributed by atoms with Crippen LogP contribution in [0.4, 0.5) is 10.8 Å². The van der Waals surface area contributed by atoms with Gasteiger partial charge in [-0.2, -0.15) is 0 Å². The van der Waals surface area contributed by atoms with Crippen molar-refractivity contribution >= 4 is 28.1 Å². The van der Waals surface area contributed by atoms with Gasteiger partial charge >= 0.3 is 5.97 Å². The average Bonchev–Trinajstić information content (AvgIpc) is 2.77. The van der Waals surface area contributed by atoms with E-state index in [2.05, 4.69) is 29.4 Å². The topological polar surface area (TPSA) is 62.2 Å². The summed E-state index contributed by atoms with van der Waals surface area (Å²) in [6.45, 7) is 4.03.